The predicted octanol–water partition coefficient (Wildman–Crippen LogP) is 4.38. The molecule has 0 N–H and O–H groups in total. The number of carbonyl (C=O) groups is 3. The summed E-state index contributed by atoms with van der Waals surface area (Å²) < 4.78 is 5.22. The van der Waals surface area contributed by atoms with Crippen molar-refractivity contribution in [3.8, 4) is 5.75 Å². The van der Waals surface area contributed by atoms with Gasteiger partial charge in [0.05, 0.1) is 18.4 Å². The quantitative estimate of drug-likeness (QED) is 0.484. The average molecular weight is 397 g/mol. The number of allylic oxidation sites excluding steroid dienone is 1. The van der Waals surface area contributed by atoms with E-state index >= 15 is 0 Å². The summed E-state index contributed by atoms with van der Waals surface area (Å²) in [4.78, 5) is 40.3. The molecule has 0 spiro atoms. The van der Waals surface area contributed by atoms with Gasteiger partial charge in [0, 0.05) is 23.6 Å². The number of nitrogens with zero attached hydrogens (tertiary/aromatic N) is 1. The predicted molar refractivity (Wildman–Crippen MR) is 115 cm³/mol. The summed E-state index contributed by atoms with van der Waals surface area (Å²) in [5.41, 5.74) is 2.56. The molecule has 1 heterocycles. The molecule has 1 aliphatic rings. The van der Waals surface area contributed by atoms with E-state index in [0.29, 0.717) is 28.1 Å². The first kappa shape index (κ1) is 19.3. The lowest BCUT2D eigenvalue weighted by atomic mass is 9.89. The minimum atomic E-state index is -0.501. The van der Waals surface area contributed by atoms with Gasteiger partial charge in [0.15, 0.2) is 5.78 Å². The molecule has 0 atom stereocenters. The van der Waals surface area contributed by atoms with Gasteiger partial charge in [0.25, 0.3) is 5.91 Å². The van der Waals surface area contributed by atoms with E-state index in [2.05, 4.69) is 0 Å². The van der Waals surface area contributed by atoms with E-state index in [9.17, 15) is 14.4 Å². The monoisotopic (exact) mass is 397 g/mol. The number of amides is 2. The molecular formula is C25H19NO4. The van der Waals surface area contributed by atoms with E-state index in [4.69, 9.17) is 4.74 Å². The number of para-hydroxylation sites is 1. The van der Waals surface area contributed by atoms with Crippen molar-refractivity contribution < 1.29 is 19.1 Å². The smallest absolute Gasteiger partial charge is 0.266 e. The van der Waals surface area contributed by atoms with Crippen LogP contribution in [0.4, 0.5) is 5.69 Å². The molecule has 0 bridgehead atoms. The van der Waals surface area contributed by atoms with Crippen molar-refractivity contribution in [1.29, 1.82) is 0 Å². The Labute approximate surface area is 174 Å². The molecule has 1 aliphatic heterocycles. The fourth-order valence-electron chi connectivity index (χ4n) is 3.65. The Balaban J connectivity index is 2.02. The Kier molecular flexibility index (Phi) is 5.02. The molecule has 30 heavy (non-hydrogen) atoms. The minimum absolute atomic E-state index is 0.222. The molecule has 3 aromatic rings. The molecule has 3 aromatic carbocycles. The molecule has 148 valence electrons. The Morgan fingerprint density at radius 2 is 1.43 bits per heavy atom. The Bertz CT molecular complexity index is 1180. The molecule has 0 saturated carbocycles. The van der Waals surface area contributed by atoms with Crippen LogP contribution in [0.25, 0.3) is 11.1 Å². The maximum Gasteiger partial charge on any atom is 0.266 e. The number of ketones is 1. The fourth-order valence-corrected chi connectivity index (χ4v) is 3.65. The highest BCUT2D eigenvalue weighted by molar-refractivity contribution is 6.51. The van der Waals surface area contributed by atoms with Crippen molar-refractivity contribution in [1.82, 2.24) is 0 Å². The fraction of sp³-hybridized carbons (Fsp3) is 0.0800. The van der Waals surface area contributed by atoms with Crippen molar-refractivity contribution in [3.05, 3.63) is 95.6 Å². The van der Waals surface area contributed by atoms with Gasteiger partial charge in [-0.05, 0) is 23.8 Å². The SMILES string of the molecule is COc1ccc(/C(C(=O)c2ccccc2)=C2/C(=O)N(C(C)=O)c3ccccc32)cc1. The number of benzene rings is 3. The molecule has 5 nitrogen and oxygen atoms in total. The second-order valence-corrected chi connectivity index (χ2v) is 6.85. The molecule has 0 fully saturated rings. The van der Waals surface area contributed by atoms with Gasteiger partial charge < -0.3 is 4.74 Å². The van der Waals surface area contributed by atoms with Gasteiger partial charge in [0.2, 0.25) is 5.91 Å². The van der Waals surface area contributed by atoms with Crippen LogP contribution in [-0.2, 0) is 9.59 Å². The number of rotatable bonds is 4. The largest absolute Gasteiger partial charge is 0.497 e. The van der Waals surface area contributed by atoms with Gasteiger partial charge in [-0.15, -0.1) is 0 Å². The minimum Gasteiger partial charge on any atom is -0.497 e. The lowest BCUT2D eigenvalue weighted by Crippen LogP contribution is -2.31. The molecule has 0 saturated heterocycles. The number of Topliss-reactive ketones (excluding diaryl/α,β-unsaturated/α-hetero) is 1. The van der Waals surface area contributed by atoms with E-state index < -0.39 is 11.8 Å². The van der Waals surface area contributed by atoms with Crippen LogP contribution in [0.2, 0.25) is 0 Å². The van der Waals surface area contributed by atoms with E-state index in [1.807, 2.05) is 6.07 Å². The summed E-state index contributed by atoms with van der Waals surface area (Å²) in [5, 5.41) is 0. The first-order chi connectivity index (χ1) is 14.5. The molecule has 4 rings (SSSR count). The normalized spacial score (nSPS) is 14.3. The third-order valence-electron chi connectivity index (χ3n) is 5.04. The number of carbonyl (C=O) groups excluding carboxylic acids is 3. The molecule has 0 unspecified atom stereocenters. The van der Waals surface area contributed by atoms with Gasteiger partial charge in [0.1, 0.15) is 5.75 Å². The standard InChI is InChI=1S/C25H19NO4/c1-16(27)26-21-11-7-6-10-20(21)23(25(26)29)22(17-12-14-19(30-2)15-13-17)24(28)18-8-4-3-5-9-18/h3-15H,1-2H3/b23-22-. The Morgan fingerprint density at radius 1 is 0.800 bits per heavy atom. The molecular weight excluding hydrogens is 378 g/mol. The zero-order chi connectivity index (χ0) is 21.3. The summed E-state index contributed by atoms with van der Waals surface area (Å²) in [7, 11) is 1.56. The van der Waals surface area contributed by atoms with Gasteiger partial charge in [-0.1, -0.05) is 60.7 Å². The maximum atomic E-state index is 13.6. The highest BCUT2D eigenvalue weighted by Gasteiger charge is 2.38. The number of hydrogen-bond donors (Lipinski definition) is 0. The Hall–Kier alpha value is -3.99. The van der Waals surface area contributed by atoms with Gasteiger partial charge >= 0.3 is 0 Å². The second kappa shape index (κ2) is 7.79. The van der Waals surface area contributed by atoms with Crippen LogP contribution in [0.1, 0.15) is 28.4 Å². The van der Waals surface area contributed by atoms with Gasteiger partial charge in [-0.2, -0.15) is 0 Å². The first-order valence-electron chi connectivity index (χ1n) is 9.45. The van der Waals surface area contributed by atoms with Crippen molar-refractivity contribution >= 4 is 34.4 Å². The zero-order valence-corrected chi connectivity index (χ0v) is 16.6. The van der Waals surface area contributed by atoms with Crippen molar-refractivity contribution in [2.75, 3.05) is 12.0 Å². The van der Waals surface area contributed by atoms with E-state index in [1.165, 1.54) is 6.92 Å². The molecule has 0 radical (unpaired) electrons. The van der Waals surface area contributed by atoms with E-state index in [-0.39, 0.29) is 16.9 Å². The topological polar surface area (TPSA) is 63.7 Å². The molecule has 5 heteroatoms. The molecule has 0 aliphatic carbocycles. The summed E-state index contributed by atoms with van der Waals surface area (Å²) in [6.07, 6.45) is 0. The van der Waals surface area contributed by atoms with Gasteiger partial charge in [-0.3, -0.25) is 14.4 Å². The maximum absolute atomic E-state index is 13.6. The Morgan fingerprint density at radius 3 is 2.07 bits per heavy atom. The first-order valence-corrected chi connectivity index (χ1v) is 9.45. The van der Waals surface area contributed by atoms with Gasteiger partial charge in [-0.25, -0.2) is 4.90 Å². The number of anilines is 1. The van der Waals surface area contributed by atoms with Crippen LogP contribution in [0.15, 0.2) is 78.9 Å². The van der Waals surface area contributed by atoms with E-state index in [0.717, 1.165) is 4.90 Å². The number of ether oxygens (including phenoxy) is 1. The van der Waals surface area contributed by atoms with Crippen LogP contribution < -0.4 is 9.64 Å². The van der Waals surface area contributed by atoms with Crippen LogP contribution >= 0.6 is 0 Å². The molecule has 0 aromatic heterocycles. The van der Waals surface area contributed by atoms with Crippen molar-refractivity contribution in [3.63, 3.8) is 0 Å². The van der Waals surface area contributed by atoms with Crippen LogP contribution in [0, 0.1) is 0 Å². The van der Waals surface area contributed by atoms with Crippen LogP contribution in [0.3, 0.4) is 0 Å². The second-order valence-electron chi connectivity index (χ2n) is 6.85. The number of fused-ring (bicyclic) bond motifs is 1. The van der Waals surface area contributed by atoms with Crippen LogP contribution in [0.5, 0.6) is 5.75 Å². The summed E-state index contributed by atoms with van der Waals surface area (Å²) in [5.74, 6) is -0.550. The number of imide groups is 1. The highest BCUT2D eigenvalue weighted by Crippen LogP contribution is 2.42. The third kappa shape index (κ3) is 3.20. The number of methoxy groups -OCH3 is 1. The summed E-state index contributed by atoms with van der Waals surface area (Å²) in [6.45, 7) is 1.34. The average Bonchev–Trinajstić information content (AvgIpc) is 3.07. The van der Waals surface area contributed by atoms with E-state index in [1.54, 1.807) is 79.9 Å². The van der Waals surface area contributed by atoms with Crippen LogP contribution in [-0.4, -0.2) is 24.7 Å². The lowest BCUT2D eigenvalue weighted by Gasteiger charge is -2.13. The summed E-state index contributed by atoms with van der Waals surface area (Å²) >= 11 is 0. The van der Waals surface area contributed by atoms with Crippen molar-refractivity contribution in [2.45, 2.75) is 6.92 Å². The zero-order valence-electron chi connectivity index (χ0n) is 16.6. The summed E-state index contributed by atoms with van der Waals surface area (Å²) in [6, 6.07) is 22.8. The highest BCUT2D eigenvalue weighted by atomic mass is 16.5. The number of hydrogen-bond acceptors (Lipinski definition) is 4. The third-order valence-corrected chi connectivity index (χ3v) is 5.04. The molecule has 2 amide bonds. The lowest BCUT2D eigenvalue weighted by molar-refractivity contribution is -0.122. The van der Waals surface area contributed by atoms with Crippen molar-refractivity contribution in [2.24, 2.45) is 0 Å².